The second-order valence-corrected chi connectivity index (χ2v) is 5.67. The minimum Gasteiger partial charge on any atom is -0.409 e. The Bertz CT molecular complexity index is 528. The molecule has 1 aromatic rings. The maximum absolute atomic E-state index is 12.7. The van der Waals surface area contributed by atoms with Gasteiger partial charge in [0.25, 0.3) is 0 Å². The average Bonchev–Trinajstić information content (AvgIpc) is 2.41. The van der Waals surface area contributed by atoms with E-state index < -0.39 is 30.7 Å². The van der Waals surface area contributed by atoms with E-state index in [4.69, 9.17) is 4.74 Å². The number of para-hydroxylation sites is 1. The minimum atomic E-state index is -4.69. The molecule has 1 N–H and O–H groups in total. The van der Waals surface area contributed by atoms with E-state index in [0.29, 0.717) is 10.2 Å². The van der Waals surface area contributed by atoms with Gasteiger partial charge in [-0.05, 0) is 28.1 Å². The fourth-order valence-electron chi connectivity index (χ4n) is 2.03. The Morgan fingerprint density at radius 1 is 1.29 bits per heavy atom. The first-order valence-corrected chi connectivity index (χ1v) is 7.03. The molecule has 0 atom stereocenters. The second-order valence-electron chi connectivity index (χ2n) is 4.81. The van der Waals surface area contributed by atoms with E-state index in [9.17, 15) is 23.1 Å². The van der Waals surface area contributed by atoms with Gasteiger partial charge >= 0.3 is 12.3 Å². The van der Waals surface area contributed by atoms with E-state index in [1.807, 2.05) is 0 Å². The van der Waals surface area contributed by atoms with E-state index in [-0.39, 0.29) is 13.1 Å². The number of nitrogens with zero attached hydrogens (tertiary/aromatic N) is 1. The number of hydrogen-bond acceptors (Lipinski definition) is 3. The third kappa shape index (κ3) is 3.49. The maximum atomic E-state index is 12.7. The van der Waals surface area contributed by atoms with Gasteiger partial charge in [0.15, 0.2) is 5.60 Å². The van der Waals surface area contributed by atoms with Gasteiger partial charge in [0.2, 0.25) is 0 Å². The smallest absolute Gasteiger partial charge is 0.409 e. The van der Waals surface area contributed by atoms with Crippen LogP contribution in [0.4, 0.5) is 18.0 Å². The van der Waals surface area contributed by atoms with Crippen LogP contribution in [0.5, 0.6) is 5.75 Å². The molecule has 4 nitrogen and oxygen atoms in total. The van der Waals surface area contributed by atoms with Crippen molar-refractivity contribution in [1.82, 2.24) is 4.90 Å². The minimum absolute atomic E-state index is 0.209. The van der Waals surface area contributed by atoms with Crippen molar-refractivity contribution in [2.24, 2.45) is 0 Å². The summed E-state index contributed by atoms with van der Waals surface area (Å²) in [5.41, 5.74) is -2.73. The Balaban J connectivity index is 1.97. The summed E-state index contributed by atoms with van der Waals surface area (Å²) in [6.07, 6.45) is -6.53. The highest BCUT2D eigenvalue weighted by atomic mass is 79.9. The molecule has 8 heteroatoms. The first-order valence-electron chi connectivity index (χ1n) is 6.23. The van der Waals surface area contributed by atoms with Crippen LogP contribution in [0.1, 0.15) is 12.8 Å². The fourth-order valence-corrected chi connectivity index (χ4v) is 2.39. The summed E-state index contributed by atoms with van der Waals surface area (Å²) < 4.78 is 43.7. The highest BCUT2D eigenvalue weighted by Crippen LogP contribution is 2.38. The number of aliphatic hydroxyl groups is 1. The van der Waals surface area contributed by atoms with Crippen LogP contribution in [0.15, 0.2) is 28.7 Å². The number of hydrogen-bond donors (Lipinski definition) is 1. The van der Waals surface area contributed by atoms with E-state index >= 15 is 0 Å². The second kappa shape index (κ2) is 5.84. The number of carbonyl (C=O) groups is 1. The molecule has 1 fully saturated rings. The monoisotopic (exact) mass is 367 g/mol. The summed E-state index contributed by atoms with van der Waals surface area (Å²) in [5.74, 6) is 0.291. The van der Waals surface area contributed by atoms with Gasteiger partial charge in [-0.1, -0.05) is 12.1 Å². The Hall–Kier alpha value is -1.28. The van der Waals surface area contributed by atoms with Crippen molar-refractivity contribution in [2.45, 2.75) is 24.6 Å². The molecule has 21 heavy (non-hydrogen) atoms. The number of alkyl halides is 3. The van der Waals surface area contributed by atoms with Crippen LogP contribution in [0.25, 0.3) is 0 Å². The molecule has 0 spiro atoms. The van der Waals surface area contributed by atoms with Crippen molar-refractivity contribution in [3.05, 3.63) is 28.7 Å². The van der Waals surface area contributed by atoms with Gasteiger partial charge in [-0.25, -0.2) is 4.79 Å². The van der Waals surface area contributed by atoms with Crippen LogP contribution in [0, 0.1) is 0 Å². The van der Waals surface area contributed by atoms with Crippen LogP contribution >= 0.6 is 15.9 Å². The third-order valence-electron chi connectivity index (χ3n) is 3.41. The third-order valence-corrected chi connectivity index (χ3v) is 4.07. The van der Waals surface area contributed by atoms with Crippen LogP contribution in [-0.2, 0) is 0 Å². The predicted octanol–water partition coefficient (Wildman–Crippen LogP) is 3.34. The molecule has 1 amide bonds. The molecule has 0 bridgehead atoms. The summed E-state index contributed by atoms with van der Waals surface area (Å²) in [6.45, 7) is -0.418. The van der Waals surface area contributed by atoms with Crippen molar-refractivity contribution >= 4 is 22.0 Å². The standard InChI is InChI=1S/C13H13BrF3NO3/c14-9-3-1-2-4-10(9)21-11(19)18-7-5-12(20,6-8-18)13(15,16)17/h1-4,20H,5-8H2. The number of ether oxygens (including phenoxy) is 1. The van der Waals surface area contributed by atoms with Gasteiger partial charge in [0, 0.05) is 25.9 Å². The van der Waals surface area contributed by atoms with Crippen LogP contribution < -0.4 is 4.74 Å². The summed E-state index contributed by atoms with van der Waals surface area (Å²) in [5, 5.41) is 9.53. The average molecular weight is 368 g/mol. The van der Waals surface area contributed by atoms with Crippen molar-refractivity contribution in [1.29, 1.82) is 0 Å². The molecule has 0 saturated carbocycles. The first kappa shape index (κ1) is 16.1. The first-order chi connectivity index (χ1) is 9.73. The maximum Gasteiger partial charge on any atom is 0.417 e. The lowest BCUT2D eigenvalue weighted by Gasteiger charge is -2.38. The molecular weight excluding hydrogens is 355 g/mol. The number of likely N-dealkylation sites (tertiary alicyclic amines) is 1. The van der Waals surface area contributed by atoms with Crippen molar-refractivity contribution in [3.63, 3.8) is 0 Å². The zero-order chi connectivity index (χ0) is 15.7. The lowest BCUT2D eigenvalue weighted by Crippen LogP contribution is -2.54. The van der Waals surface area contributed by atoms with E-state index in [2.05, 4.69) is 15.9 Å². The van der Waals surface area contributed by atoms with E-state index in [1.54, 1.807) is 24.3 Å². The van der Waals surface area contributed by atoms with Gasteiger partial charge in [-0.2, -0.15) is 13.2 Å². The number of piperidine rings is 1. The molecule has 1 aromatic carbocycles. The molecule has 2 rings (SSSR count). The number of halogens is 4. The summed E-state index contributed by atoms with van der Waals surface area (Å²) >= 11 is 3.21. The zero-order valence-electron chi connectivity index (χ0n) is 10.9. The van der Waals surface area contributed by atoms with Crippen molar-refractivity contribution < 1.29 is 27.8 Å². The molecule has 0 aliphatic carbocycles. The molecule has 116 valence electrons. The van der Waals surface area contributed by atoms with Crippen LogP contribution in [-0.4, -0.2) is 41.0 Å². The van der Waals surface area contributed by atoms with Crippen LogP contribution in [0.3, 0.4) is 0 Å². The topological polar surface area (TPSA) is 49.8 Å². The van der Waals surface area contributed by atoms with E-state index in [1.165, 1.54) is 0 Å². The summed E-state index contributed by atoms with van der Waals surface area (Å²) in [7, 11) is 0. The summed E-state index contributed by atoms with van der Waals surface area (Å²) in [6, 6.07) is 6.66. The molecule has 1 aliphatic heterocycles. The highest BCUT2D eigenvalue weighted by molar-refractivity contribution is 9.10. The Morgan fingerprint density at radius 3 is 2.38 bits per heavy atom. The van der Waals surface area contributed by atoms with Gasteiger partial charge in [-0.3, -0.25) is 0 Å². The van der Waals surface area contributed by atoms with Crippen molar-refractivity contribution in [3.8, 4) is 5.75 Å². The zero-order valence-corrected chi connectivity index (χ0v) is 12.4. The SMILES string of the molecule is O=C(Oc1ccccc1Br)N1CCC(O)(C(F)(F)F)CC1. The Morgan fingerprint density at radius 2 is 1.86 bits per heavy atom. The fraction of sp³-hybridized carbons (Fsp3) is 0.462. The number of rotatable bonds is 1. The number of carbonyl (C=O) groups excluding carboxylic acids is 1. The lowest BCUT2D eigenvalue weighted by atomic mass is 9.91. The van der Waals surface area contributed by atoms with Gasteiger partial charge in [0.05, 0.1) is 4.47 Å². The molecule has 1 saturated heterocycles. The van der Waals surface area contributed by atoms with Crippen molar-refractivity contribution in [2.75, 3.05) is 13.1 Å². The quantitative estimate of drug-likeness (QED) is 0.827. The molecule has 1 aliphatic rings. The number of amides is 1. The molecule has 0 aromatic heterocycles. The normalized spacial score (nSPS) is 18.4. The summed E-state index contributed by atoms with van der Waals surface area (Å²) in [4.78, 5) is 13.1. The lowest BCUT2D eigenvalue weighted by molar-refractivity contribution is -0.271. The van der Waals surface area contributed by atoms with Gasteiger partial charge in [-0.15, -0.1) is 0 Å². The Labute approximate surface area is 127 Å². The predicted molar refractivity (Wildman–Crippen MR) is 72.0 cm³/mol. The Kier molecular flexibility index (Phi) is 4.48. The van der Waals surface area contributed by atoms with Gasteiger partial charge < -0.3 is 14.7 Å². The number of benzene rings is 1. The molecule has 0 radical (unpaired) electrons. The molecule has 1 heterocycles. The van der Waals surface area contributed by atoms with Gasteiger partial charge in [0.1, 0.15) is 5.75 Å². The molecule has 0 unspecified atom stereocenters. The molecular formula is C13H13BrF3NO3. The van der Waals surface area contributed by atoms with E-state index in [0.717, 1.165) is 4.90 Å². The van der Waals surface area contributed by atoms with Crippen LogP contribution in [0.2, 0.25) is 0 Å². The largest absolute Gasteiger partial charge is 0.417 e. The highest BCUT2D eigenvalue weighted by Gasteiger charge is 2.55.